The topological polar surface area (TPSA) is 106 Å². The molecule has 2 aliphatic heterocycles. The number of anilines is 2. The third-order valence-corrected chi connectivity index (χ3v) is 5.13. The Balaban J connectivity index is 1.51. The van der Waals surface area contributed by atoms with Crippen molar-refractivity contribution in [2.75, 3.05) is 23.7 Å². The van der Waals surface area contributed by atoms with Crippen LogP contribution in [0.15, 0.2) is 36.4 Å². The molecule has 150 valence electrons. The second-order valence-corrected chi connectivity index (χ2v) is 7.49. The molecule has 3 heterocycles. The van der Waals surface area contributed by atoms with Gasteiger partial charge in [-0.2, -0.15) is 0 Å². The maximum atomic E-state index is 12.9. The molecule has 0 spiro atoms. The Morgan fingerprint density at radius 2 is 1.62 bits per heavy atom. The monoisotopic (exact) mass is 394 g/mol. The lowest BCUT2D eigenvalue weighted by atomic mass is 10.0. The summed E-state index contributed by atoms with van der Waals surface area (Å²) in [4.78, 5) is 45.0. The Morgan fingerprint density at radius 3 is 2.24 bits per heavy atom. The van der Waals surface area contributed by atoms with E-state index in [-0.39, 0.29) is 36.0 Å². The molecule has 8 heteroatoms. The van der Waals surface area contributed by atoms with E-state index in [1.54, 1.807) is 36.4 Å². The van der Waals surface area contributed by atoms with Gasteiger partial charge in [-0.25, -0.2) is 4.98 Å². The molecule has 1 aromatic heterocycles. The number of ether oxygens (including phenoxy) is 1. The summed E-state index contributed by atoms with van der Waals surface area (Å²) in [6.07, 6.45) is -0.204. The van der Waals surface area contributed by atoms with E-state index in [1.807, 2.05) is 13.8 Å². The van der Waals surface area contributed by atoms with Gasteiger partial charge in [-0.05, 0) is 36.6 Å². The first-order valence-electron chi connectivity index (χ1n) is 9.58. The van der Waals surface area contributed by atoms with Gasteiger partial charge in [-0.3, -0.25) is 24.2 Å². The van der Waals surface area contributed by atoms with Gasteiger partial charge in [0.15, 0.2) is 17.7 Å². The number of amides is 3. The van der Waals surface area contributed by atoms with E-state index in [0.717, 1.165) is 0 Å². The molecule has 0 radical (unpaired) electrons. The number of hydrogen-bond acceptors (Lipinski definition) is 6. The van der Waals surface area contributed by atoms with E-state index < -0.39 is 6.10 Å². The number of imide groups is 1. The summed E-state index contributed by atoms with van der Waals surface area (Å²) in [5.41, 5.74) is 6.63. The maximum Gasteiger partial charge on any atom is 0.269 e. The average Bonchev–Trinajstić information content (AvgIpc) is 2.94. The Bertz CT molecular complexity index is 969. The van der Waals surface area contributed by atoms with Crippen molar-refractivity contribution in [3.8, 4) is 5.75 Å². The number of fused-ring (bicyclic) bond motifs is 2. The lowest BCUT2D eigenvalue weighted by Gasteiger charge is -2.35. The largest absolute Gasteiger partial charge is 0.476 e. The Labute approximate surface area is 168 Å². The number of benzene rings is 1. The third kappa shape index (κ3) is 3.20. The maximum absolute atomic E-state index is 12.9. The summed E-state index contributed by atoms with van der Waals surface area (Å²) in [6, 6.07) is 10.1. The van der Waals surface area contributed by atoms with E-state index in [4.69, 9.17) is 10.5 Å². The number of aromatic nitrogens is 1. The van der Waals surface area contributed by atoms with Crippen LogP contribution in [0, 0.1) is 5.92 Å². The minimum atomic E-state index is -0.618. The van der Waals surface area contributed by atoms with Crippen molar-refractivity contribution >= 4 is 29.4 Å². The zero-order chi connectivity index (χ0) is 20.7. The van der Waals surface area contributed by atoms with Gasteiger partial charge in [-0.15, -0.1) is 0 Å². The van der Waals surface area contributed by atoms with Crippen LogP contribution in [0.25, 0.3) is 0 Å². The first kappa shape index (κ1) is 18.9. The molecule has 1 aromatic carbocycles. The number of nitrogens with two attached hydrogens (primary N) is 1. The molecule has 8 nitrogen and oxygen atoms in total. The third-order valence-electron chi connectivity index (χ3n) is 5.13. The summed E-state index contributed by atoms with van der Waals surface area (Å²) in [5.74, 6) is 0.323. The van der Waals surface area contributed by atoms with Crippen molar-refractivity contribution in [1.82, 2.24) is 9.88 Å². The summed E-state index contributed by atoms with van der Waals surface area (Å²) < 4.78 is 5.82. The number of carbonyl (C=O) groups is 3. The molecule has 0 fully saturated rings. The first-order chi connectivity index (χ1) is 13.9. The van der Waals surface area contributed by atoms with E-state index in [0.29, 0.717) is 35.7 Å². The number of carbonyl (C=O) groups excluding carboxylic acids is 3. The summed E-state index contributed by atoms with van der Waals surface area (Å²) in [5, 5.41) is 0. The van der Waals surface area contributed by atoms with Crippen LogP contribution in [-0.2, 0) is 4.79 Å². The molecule has 4 rings (SSSR count). The standard InChI is InChI=1S/C21H22N4O4/c1-12(2)17-21(28)24(18-15(29-17)8-9-16(22)23-18)10-5-11-25-19(26)13-6-3-4-7-14(13)20(25)27/h3-4,6-9,12,17H,5,10-11H2,1-2H3,(H2,22,23). The van der Waals surface area contributed by atoms with E-state index in [9.17, 15) is 14.4 Å². The van der Waals surface area contributed by atoms with Crippen LogP contribution in [0.4, 0.5) is 11.6 Å². The minimum Gasteiger partial charge on any atom is -0.476 e. The molecule has 0 saturated heterocycles. The van der Waals surface area contributed by atoms with Crippen molar-refractivity contribution in [1.29, 1.82) is 0 Å². The van der Waals surface area contributed by atoms with Gasteiger partial charge in [-0.1, -0.05) is 26.0 Å². The van der Waals surface area contributed by atoms with E-state index >= 15 is 0 Å². The van der Waals surface area contributed by atoms with Crippen LogP contribution in [0.1, 0.15) is 41.0 Å². The fourth-order valence-electron chi connectivity index (χ4n) is 3.65. The summed E-state index contributed by atoms with van der Waals surface area (Å²) in [7, 11) is 0. The normalized spacial score (nSPS) is 18.2. The van der Waals surface area contributed by atoms with Crippen LogP contribution in [0.5, 0.6) is 5.75 Å². The lowest BCUT2D eigenvalue weighted by molar-refractivity contribution is -0.128. The fourth-order valence-corrected chi connectivity index (χ4v) is 3.65. The highest BCUT2D eigenvalue weighted by Crippen LogP contribution is 2.35. The number of nitrogen functional groups attached to an aromatic ring is 1. The van der Waals surface area contributed by atoms with Crippen LogP contribution in [-0.4, -0.2) is 46.8 Å². The molecule has 1 unspecified atom stereocenters. The van der Waals surface area contributed by atoms with Gasteiger partial charge in [0, 0.05) is 13.1 Å². The van der Waals surface area contributed by atoms with Crippen molar-refractivity contribution in [3.05, 3.63) is 47.5 Å². The molecule has 2 aromatic rings. The van der Waals surface area contributed by atoms with Gasteiger partial charge in [0.1, 0.15) is 5.82 Å². The second-order valence-electron chi connectivity index (χ2n) is 7.49. The highest BCUT2D eigenvalue weighted by Gasteiger charge is 2.38. The highest BCUT2D eigenvalue weighted by molar-refractivity contribution is 6.21. The van der Waals surface area contributed by atoms with Crippen LogP contribution in [0.3, 0.4) is 0 Å². The average molecular weight is 394 g/mol. The molecular formula is C21H22N4O4. The van der Waals surface area contributed by atoms with E-state index in [1.165, 1.54) is 9.80 Å². The molecule has 0 aliphatic carbocycles. The smallest absolute Gasteiger partial charge is 0.269 e. The van der Waals surface area contributed by atoms with Crippen molar-refractivity contribution in [3.63, 3.8) is 0 Å². The highest BCUT2D eigenvalue weighted by atomic mass is 16.5. The van der Waals surface area contributed by atoms with Gasteiger partial charge >= 0.3 is 0 Å². The molecular weight excluding hydrogens is 372 g/mol. The van der Waals surface area contributed by atoms with Crippen molar-refractivity contribution in [2.24, 2.45) is 5.92 Å². The zero-order valence-corrected chi connectivity index (χ0v) is 16.3. The van der Waals surface area contributed by atoms with E-state index in [2.05, 4.69) is 4.98 Å². The SMILES string of the molecule is CC(C)C1Oc2ccc(N)nc2N(CCCN2C(=O)c3ccccc3C2=O)C1=O. The summed E-state index contributed by atoms with van der Waals surface area (Å²) >= 11 is 0. The van der Waals surface area contributed by atoms with Crippen LogP contribution in [0.2, 0.25) is 0 Å². The molecule has 1 atom stereocenters. The zero-order valence-electron chi connectivity index (χ0n) is 16.3. The van der Waals surface area contributed by atoms with Crippen molar-refractivity contribution in [2.45, 2.75) is 26.4 Å². The summed E-state index contributed by atoms with van der Waals surface area (Å²) in [6.45, 7) is 4.33. The molecule has 2 N–H and O–H groups in total. The lowest BCUT2D eigenvalue weighted by Crippen LogP contribution is -2.49. The Kier molecular flexibility index (Phi) is 4.70. The number of rotatable bonds is 5. The second kappa shape index (κ2) is 7.20. The van der Waals surface area contributed by atoms with Gasteiger partial charge in [0.05, 0.1) is 11.1 Å². The number of pyridine rings is 1. The van der Waals surface area contributed by atoms with Crippen molar-refractivity contribution < 1.29 is 19.1 Å². The molecule has 29 heavy (non-hydrogen) atoms. The number of nitrogens with zero attached hydrogens (tertiary/aromatic N) is 3. The van der Waals surface area contributed by atoms with Gasteiger partial charge in [0.25, 0.3) is 17.7 Å². The van der Waals surface area contributed by atoms with Gasteiger partial charge in [0.2, 0.25) is 0 Å². The fraction of sp³-hybridized carbons (Fsp3) is 0.333. The molecule has 0 saturated carbocycles. The first-order valence-corrected chi connectivity index (χ1v) is 9.58. The van der Waals surface area contributed by atoms with Crippen LogP contribution < -0.4 is 15.4 Å². The Hall–Kier alpha value is -3.42. The molecule has 0 bridgehead atoms. The molecule has 3 amide bonds. The predicted octanol–water partition coefficient (Wildman–Crippen LogP) is 2.10. The molecule has 2 aliphatic rings. The Morgan fingerprint density at radius 1 is 1.00 bits per heavy atom. The minimum absolute atomic E-state index is 0.0214. The predicted molar refractivity (Wildman–Crippen MR) is 107 cm³/mol. The number of hydrogen-bond donors (Lipinski definition) is 1. The quantitative estimate of drug-likeness (QED) is 0.779. The van der Waals surface area contributed by atoms with Crippen LogP contribution >= 0.6 is 0 Å². The van der Waals surface area contributed by atoms with Gasteiger partial charge < -0.3 is 10.5 Å².